The minimum Gasteiger partial charge on any atom is -0.342 e. The van der Waals surface area contributed by atoms with Crippen LogP contribution in [-0.2, 0) is 0 Å². The number of rotatable bonds is 4. The Hall–Kier alpha value is 0.177. The van der Waals surface area contributed by atoms with E-state index in [0.717, 1.165) is 11.5 Å². The molecule has 0 aromatic rings. The lowest BCUT2D eigenvalue weighted by atomic mass is 10.2. The number of hydrogen-bond acceptors (Lipinski definition) is 1. The first-order valence-electron chi connectivity index (χ1n) is 3.83. The second-order valence-corrected chi connectivity index (χ2v) is 5.99. The predicted octanol–water partition coefficient (Wildman–Crippen LogP) is 1.14. The van der Waals surface area contributed by atoms with Gasteiger partial charge in [-0.05, 0) is 18.0 Å². The van der Waals surface area contributed by atoms with E-state index in [4.69, 9.17) is 0 Å². The monoisotopic (exact) mass is 145 g/mol. The van der Waals surface area contributed by atoms with E-state index in [9.17, 15) is 0 Å². The Balaban J connectivity index is 2.91. The van der Waals surface area contributed by atoms with Gasteiger partial charge in [0.1, 0.15) is 0 Å². The van der Waals surface area contributed by atoms with Crippen LogP contribution in [0.3, 0.4) is 0 Å². The average molecular weight is 145 g/mol. The first kappa shape index (κ1) is 9.18. The fourth-order valence-corrected chi connectivity index (χ4v) is 1.98. The van der Waals surface area contributed by atoms with E-state index in [1.165, 1.54) is 6.54 Å². The van der Waals surface area contributed by atoms with Gasteiger partial charge in [-0.3, -0.25) is 0 Å². The van der Waals surface area contributed by atoms with E-state index in [0.29, 0.717) is 0 Å². The van der Waals surface area contributed by atoms with E-state index >= 15 is 0 Å². The van der Waals surface area contributed by atoms with Crippen molar-refractivity contribution in [1.29, 1.82) is 0 Å². The van der Waals surface area contributed by atoms with Crippen LogP contribution in [0.15, 0.2) is 0 Å². The van der Waals surface area contributed by atoms with Gasteiger partial charge in [-0.1, -0.05) is 27.7 Å². The summed E-state index contributed by atoms with van der Waals surface area (Å²) in [5.41, 5.74) is 0.920. The van der Waals surface area contributed by atoms with E-state index in [1.807, 2.05) is 0 Å². The molecule has 0 unspecified atom stereocenters. The van der Waals surface area contributed by atoms with Crippen molar-refractivity contribution >= 4 is 9.68 Å². The van der Waals surface area contributed by atoms with Gasteiger partial charge in [0.25, 0.3) is 0 Å². The number of nitrogens with one attached hydrogen (secondary N) is 1. The molecule has 56 valence electrons. The van der Waals surface area contributed by atoms with Crippen molar-refractivity contribution in [2.24, 2.45) is 5.92 Å². The third kappa shape index (κ3) is 8.18. The molecule has 9 heavy (non-hydrogen) atoms. The SMILES string of the molecule is CC(C)CN[SiH2]C(C)C. The lowest BCUT2D eigenvalue weighted by Gasteiger charge is -2.07. The molecule has 0 saturated heterocycles. The summed E-state index contributed by atoms with van der Waals surface area (Å²) in [6.45, 7) is 10.3. The van der Waals surface area contributed by atoms with Gasteiger partial charge in [-0.2, -0.15) is 0 Å². The summed E-state index contributed by atoms with van der Waals surface area (Å²) >= 11 is 0. The van der Waals surface area contributed by atoms with Crippen LogP contribution in [-0.4, -0.2) is 16.2 Å². The van der Waals surface area contributed by atoms with Crippen molar-refractivity contribution in [3.8, 4) is 0 Å². The first-order chi connectivity index (χ1) is 4.13. The minimum atomic E-state index is 0.0533. The zero-order valence-corrected chi connectivity index (χ0v) is 8.48. The smallest absolute Gasteiger partial charge is 0.0942 e. The van der Waals surface area contributed by atoms with Crippen molar-refractivity contribution in [2.45, 2.75) is 33.2 Å². The number of hydrogen-bond donors (Lipinski definition) is 1. The Morgan fingerprint density at radius 1 is 1.22 bits per heavy atom. The summed E-state index contributed by atoms with van der Waals surface area (Å²) in [6, 6.07) is 0. The molecule has 0 radical (unpaired) electrons. The van der Waals surface area contributed by atoms with Gasteiger partial charge in [0.05, 0.1) is 9.68 Å². The maximum Gasteiger partial charge on any atom is 0.0942 e. The lowest BCUT2D eigenvalue weighted by Crippen LogP contribution is -2.25. The second kappa shape index (κ2) is 5.00. The lowest BCUT2D eigenvalue weighted by molar-refractivity contribution is 0.630. The van der Waals surface area contributed by atoms with E-state index < -0.39 is 0 Å². The highest BCUT2D eigenvalue weighted by atomic mass is 28.2. The summed E-state index contributed by atoms with van der Waals surface area (Å²) in [6.07, 6.45) is 0. The van der Waals surface area contributed by atoms with E-state index in [1.54, 1.807) is 0 Å². The van der Waals surface area contributed by atoms with Crippen LogP contribution in [0.1, 0.15) is 27.7 Å². The van der Waals surface area contributed by atoms with Gasteiger partial charge >= 0.3 is 0 Å². The van der Waals surface area contributed by atoms with Crippen LogP contribution in [0.2, 0.25) is 5.54 Å². The molecular weight excluding hydrogens is 126 g/mol. The van der Waals surface area contributed by atoms with Crippen LogP contribution in [0, 0.1) is 5.92 Å². The molecule has 0 aliphatic rings. The summed E-state index contributed by atoms with van der Waals surface area (Å²) in [5.74, 6) is 0.816. The Morgan fingerprint density at radius 3 is 2.11 bits per heavy atom. The third-order valence-electron chi connectivity index (χ3n) is 1.11. The maximum atomic E-state index is 3.52. The van der Waals surface area contributed by atoms with Crippen molar-refractivity contribution in [3.63, 3.8) is 0 Å². The van der Waals surface area contributed by atoms with Crippen LogP contribution in [0.4, 0.5) is 0 Å². The summed E-state index contributed by atoms with van der Waals surface area (Å²) in [7, 11) is 0.0533. The van der Waals surface area contributed by atoms with Crippen molar-refractivity contribution in [3.05, 3.63) is 0 Å². The van der Waals surface area contributed by atoms with Gasteiger partial charge in [0.2, 0.25) is 0 Å². The van der Waals surface area contributed by atoms with Gasteiger partial charge < -0.3 is 4.98 Å². The molecular formula is C7H19NSi. The molecule has 0 spiro atoms. The molecule has 0 aromatic carbocycles. The molecule has 0 aromatic heterocycles. The zero-order chi connectivity index (χ0) is 7.28. The van der Waals surface area contributed by atoms with E-state index in [2.05, 4.69) is 32.7 Å². The van der Waals surface area contributed by atoms with Crippen LogP contribution in [0.5, 0.6) is 0 Å². The van der Waals surface area contributed by atoms with E-state index in [-0.39, 0.29) is 9.68 Å². The molecule has 0 aliphatic heterocycles. The Kier molecular flexibility index (Phi) is 5.10. The average Bonchev–Trinajstić information content (AvgIpc) is 1.63. The zero-order valence-electron chi connectivity index (χ0n) is 7.07. The molecule has 0 saturated carbocycles. The molecule has 1 N–H and O–H groups in total. The molecule has 0 amide bonds. The Labute approximate surface area is 61.1 Å². The molecule has 1 nitrogen and oxygen atoms in total. The first-order valence-corrected chi connectivity index (χ1v) is 5.36. The Morgan fingerprint density at radius 2 is 1.78 bits per heavy atom. The molecule has 0 rings (SSSR count). The van der Waals surface area contributed by atoms with Crippen LogP contribution < -0.4 is 4.98 Å². The Bertz CT molecular complexity index is 53.9. The molecule has 0 bridgehead atoms. The van der Waals surface area contributed by atoms with Crippen molar-refractivity contribution < 1.29 is 0 Å². The fraction of sp³-hybridized carbons (Fsp3) is 1.00. The fourth-order valence-electron chi connectivity index (χ4n) is 0.661. The minimum absolute atomic E-state index is 0.0533. The third-order valence-corrected chi connectivity index (χ3v) is 2.50. The largest absolute Gasteiger partial charge is 0.342 e. The summed E-state index contributed by atoms with van der Waals surface area (Å²) in [4.78, 5) is 3.52. The molecule has 2 heteroatoms. The van der Waals surface area contributed by atoms with Crippen molar-refractivity contribution in [1.82, 2.24) is 4.98 Å². The normalized spacial score (nSPS) is 12.7. The molecule has 0 aliphatic carbocycles. The maximum absolute atomic E-state index is 3.52. The summed E-state index contributed by atoms with van der Waals surface area (Å²) in [5, 5.41) is 0. The topological polar surface area (TPSA) is 12.0 Å². The highest BCUT2D eigenvalue weighted by Crippen LogP contribution is 1.94. The molecule has 0 atom stereocenters. The summed E-state index contributed by atoms with van der Waals surface area (Å²) < 4.78 is 0. The molecule has 0 fully saturated rings. The van der Waals surface area contributed by atoms with Gasteiger partial charge in [0, 0.05) is 0 Å². The second-order valence-electron chi connectivity index (χ2n) is 3.45. The molecule has 0 heterocycles. The highest BCUT2D eigenvalue weighted by Gasteiger charge is 1.95. The van der Waals surface area contributed by atoms with Gasteiger partial charge in [-0.15, -0.1) is 0 Å². The standard InChI is InChI=1S/C7H19NSi/c1-6(2)5-8-9-7(3)4/h6-8H,5,9H2,1-4H3. The highest BCUT2D eigenvalue weighted by molar-refractivity contribution is 6.33. The van der Waals surface area contributed by atoms with Crippen molar-refractivity contribution in [2.75, 3.05) is 6.54 Å². The van der Waals surface area contributed by atoms with Gasteiger partial charge in [-0.25, -0.2) is 0 Å². The predicted molar refractivity (Wildman–Crippen MR) is 46.5 cm³/mol. The van der Waals surface area contributed by atoms with Crippen LogP contribution >= 0.6 is 0 Å². The quantitative estimate of drug-likeness (QED) is 0.585. The van der Waals surface area contributed by atoms with Crippen LogP contribution in [0.25, 0.3) is 0 Å². The van der Waals surface area contributed by atoms with Gasteiger partial charge in [0.15, 0.2) is 0 Å².